The van der Waals surface area contributed by atoms with Crippen molar-refractivity contribution < 1.29 is 14.7 Å². The van der Waals surface area contributed by atoms with E-state index in [1.165, 1.54) is 12.5 Å². The van der Waals surface area contributed by atoms with Gasteiger partial charge in [0, 0.05) is 24.4 Å². The highest BCUT2D eigenvalue weighted by Crippen LogP contribution is 2.18. The maximum atomic E-state index is 11.4. The molecule has 4 N–H and O–H groups in total. The Morgan fingerprint density at radius 2 is 2.35 bits per heavy atom. The minimum absolute atomic E-state index is 0.188. The number of nitrogens with one attached hydrogen (secondary N) is 3. The number of aromatic nitrogens is 2. The van der Waals surface area contributed by atoms with Crippen molar-refractivity contribution in [3.05, 3.63) is 18.2 Å². The van der Waals surface area contributed by atoms with Crippen molar-refractivity contribution in [2.75, 3.05) is 0 Å². The molecule has 1 fully saturated rings. The molecule has 0 bridgehead atoms. The first-order valence-corrected chi connectivity index (χ1v) is 5.42. The Bertz CT molecular complexity index is 400. The average Bonchev–Trinajstić information content (AvgIpc) is 2.92. The van der Waals surface area contributed by atoms with Gasteiger partial charge in [-0.05, 0) is 12.8 Å². The molecule has 0 aromatic carbocycles. The first-order chi connectivity index (χ1) is 8.15. The number of nitrogens with zero attached hydrogens (tertiary/aromatic N) is 1. The lowest BCUT2D eigenvalue weighted by molar-refractivity contribution is -0.139. The van der Waals surface area contributed by atoms with E-state index in [9.17, 15) is 9.59 Å². The first-order valence-electron chi connectivity index (χ1n) is 5.42. The minimum Gasteiger partial charge on any atom is -0.480 e. The fourth-order valence-corrected chi connectivity index (χ4v) is 1.43. The number of carboxylic acid groups (broad SMARTS) is 1. The topological polar surface area (TPSA) is 107 Å². The smallest absolute Gasteiger partial charge is 0.326 e. The Hall–Kier alpha value is -2.05. The number of H-pyrrole nitrogens is 1. The summed E-state index contributed by atoms with van der Waals surface area (Å²) in [6.07, 6.45) is 5.12. The van der Waals surface area contributed by atoms with Crippen molar-refractivity contribution in [1.29, 1.82) is 0 Å². The molecule has 0 aliphatic heterocycles. The van der Waals surface area contributed by atoms with Crippen molar-refractivity contribution in [2.45, 2.75) is 31.3 Å². The van der Waals surface area contributed by atoms with Crippen LogP contribution in [0.2, 0.25) is 0 Å². The molecule has 17 heavy (non-hydrogen) atoms. The lowest BCUT2D eigenvalue weighted by Gasteiger charge is -2.14. The molecule has 1 saturated carbocycles. The van der Waals surface area contributed by atoms with Crippen LogP contribution in [0.15, 0.2) is 12.5 Å². The van der Waals surface area contributed by atoms with E-state index in [1.807, 2.05) is 0 Å². The predicted molar refractivity (Wildman–Crippen MR) is 58.4 cm³/mol. The molecule has 7 heteroatoms. The van der Waals surface area contributed by atoms with Crippen LogP contribution in [0.3, 0.4) is 0 Å². The van der Waals surface area contributed by atoms with Crippen LogP contribution in [-0.4, -0.2) is 39.2 Å². The third-order valence-corrected chi connectivity index (χ3v) is 2.49. The normalized spacial score (nSPS) is 16.2. The van der Waals surface area contributed by atoms with Crippen molar-refractivity contribution in [2.24, 2.45) is 0 Å². The molecule has 92 valence electrons. The lowest BCUT2D eigenvalue weighted by Crippen LogP contribution is -2.47. The van der Waals surface area contributed by atoms with Crippen molar-refractivity contribution in [3.8, 4) is 0 Å². The van der Waals surface area contributed by atoms with Crippen LogP contribution in [0, 0.1) is 0 Å². The lowest BCUT2D eigenvalue weighted by atomic mass is 10.2. The second kappa shape index (κ2) is 4.86. The van der Waals surface area contributed by atoms with Crippen molar-refractivity contribution >= 4 is 12.0 Å². The molecule has 0 saturated heterocycles. The van der Waals surface area contributed by atoms with Gasteiger partial charge in [-0.25, -0.2) is 14.6 Å². The summed E-state index contributed by atoms with van der Waals surface area (Å²) in [5, 5.41) is 14.1. The fraction of sp³-hybridized carbons (Fsp3) is 0.500. The summed E-state index contributed by atoms with van der Waals surface area (Å²) in [7, 11) is 0. The van der Waals surface area contributed by atoms with Gasteiger partial charge in [-0.2, -0.15) is 0 Å². The van der Waals surface area contributed by atoms with Crippen LogP contribution in [0.1, 0.15) is 18.5 Å². The Kier molecular flexibility index (Phi) is 3.27. The fourth-order valence-electron chi connectivity index (χ4n) is 1.43. The van der Waals surface area contributed by atoms with Gasteiger partial charge in [-0.3, -0.25) is 0 Å². The molecule has 1 aromatic heterocycles. The van der Waals surface area contributed by atoms with E-state index in [4.69, 9.17) is 5.11 Å². The molecule has 7 nitrogen and oxygen atoms in total. The zero-order valence-corrected chi connectivity index (χ0v) is 9.14. The van der Waals surface area contributed by atoms with Crippen LogP contribution in [0.25, 0.3) is 0 Å². The van der Waals surface area contributed by atoms with Gasteiger partial charge in [0.05, 0.1) is 6.33 Å². The van der Waals surface area contributed by atoms with E-state index in [2.05, 4.69) is 20.6 Å². The van der Waals surface area contributed by atoms with E-state index in [0.717, 1.165) is 12.8 Å². The number of carbonyl (C=O) groups is 2. The monoisotopic (exact) mass is 238 g/mol. The van der Waals surface area contributed by atoms with Gasteiger partial charge in [0.15, 0.2) is 0 Å². The number of urea groups is 1. The van der Waals surface area contributed by atoms with Crippen LogP contribution >= 0.6 is 0 Å². The van der Waals surface area contributed by atoms with E-state index >= 15 is 0 Å². The van der Waals surface area contributed by atoms with Gasteiger partial charge in [0.2, 0.25) is 0 Å². The van der Waals surface area contributed by atoms with Crippen LogP contribution in [0.5, 0.6) is 0 Å². The first kappa shape index (κ1) is 11.4. The Morgan fingerprint density at radius 1 is 1.59 bits per heavy atom. The number of imidazole rings is 1. The summed E-state index contributed by atoms with van der Waals surface area (Å²) in [5.41, 5.74) is 0.670. The molecule has 0 spiro atoms. The second-order valence-electron chi connectivity index (χ2n) is 4.06. The highest BCUT2D eigenvalue weighted by Gasteiger charge is 2.26. The second-order valence-corrected chi connectivity index (χ2v) is 4.06. The highest BCUT2D eigenvalue weighted by molar-refractivity contribution is 5.82. The van der Waals surface area contributed by atoms with Crippen LogP contribution in [0.4, 0.5) is 4.79 Å². The number of aliphatic carboxylic acids is 1. The third-order valence-electron chi connectivity index (χ3n) is 2.49. The zero-order valence-electron chi connectivity index (χ0n) is 9.14. The number of amides is 2. The third kappa shape index (κ3) is 3.47. The molecule has 1 atom stereocenters. The number of hydrogen-bond acceptors (Lipinski definition) is 3. The molecular weight excluding hydrogens is 224 g/mol. The number of carboxylic acids is 1. The molecule has 2 amide bonds. The molecule has 0 radical (unpaired) electrons. The van der Waals surface area contributed by atoms with Gasteiger partial charge in [-0.15, -0.1) is 0 Å². The predicted octanol–water partition coefficient (Wildman–Crippen LogP) is -0.133. The largest absolute Gasteiger partial charge is 0.480 e. The van der Waals surface area contributed by atoms with E-state index in [0.29, 0.717) is 5.69 Å². The van der Waals surface area contributed by atoms with E-state index < -0.39 is 18.0 Å². The molecule has 1 heterocycles. The summed E-state index contributed by atoms with van der Waals surface area (Å²) in [5.74, 6) is -1.06. The minimum atomic E-state index is -1.06. The van der Waals surface area contributed by atoms with Crippen LogP contribution < -0.4 is 10.6 Å². The molecular formula is C10H14N4O3. The number of rotatable bonds is 5. The molecule has 2 rings (SSSR count). The number of aromatic amines is 1. The summed E-state index contributed by atoms with van der Waals surface area (Å²) in [6, 6.07) is -1.18. The van der Waals surface area contributed by atoms with Gasteiger partial charge < -0.3 is 20.7 Å². The molecule has 0 unspecified atom stereocenters. The van der Waals surface area contributed by atoms with Gasteiger partial charge in [0.25, 0.3) is 0 Å². The van der Waals surface area contributed by atoms with Gasteiger partial charge in [-0.1, -0.05) is 0 Å². The van der Waals surface area contributed by atoms with Gasteiger partial charge >= 0.3 is 12.0 Å². The SMILES string of the molecule is O=C(NC1CC1)N[C@H](Cc1cnc[nH]1)C(=O)O. The van der Waals surface area contributed by atoms with Crippen molar-refractivity contribution in [3.63, 3.8) is 0 Å². The standard InChI is InChI=1S/C10H14N4O3/c15-9(16)8(3-7-4-11-5-12-7)14-10(17)13-6-1-2-6/h4-6,8H,1-3H2,(H,11,12)(H,15,16)(H2,13,14,17)/t8-/m1/s1. The summed E-state index contributed by atoms with van der Waals surface area (Å²) in [6.45, 7) is 0. The van der Waals surface area contributed by atoms with E-state index in [1.54, 1.807) is 0 Å². The number of hydrogen-bond donors (Lipinski definition) is 4. The Morgan fingerprint density at radius 3 is 2.88 bits per heavy atom. The quantitative estimate of drug-likeness (QED) is 0.573. The van der Waals surface area contributed by atoms with Crippen LogP contribution in [-0.2, 0) is 11.2 Å². The molecule has 1 aliphatic rings. The molecule has 1 aromatic rings. The summed E-state index contributed by atoms with van der Waals surface area (Å²) < 4.78 is 0. The van der Waals surface area contributed by atoms with Crippen molar-refractivity contribution in [1.82, 2.24) is 20.6 Å². The summed E-state index contributed by atoms with van der Waals surface area (Å²) >= 11 is 0. The maximum absolute atomic E-state index is 11.4. The Labute approximate surface area is 97.6 Å². The zero-order chi connectivity index (χ0) is 12.3. The van der Waals surface area contributed by atoms with E-state index in [-0.39, 0.29) is 12.5 Å². The molecule has 1 aliphatic carbocycles. The average molecular weight is 238 g/mol. The highest BCUT2D eigenvalue weighted by atomic mass is 16.4. The van der Waals surface area contributed by atoms with Gasteiger partial charge in [0.1, 0.15) is 6.04 Å². The Balaban J connectivity index is 1.87. The maximum Gasteiger partial charge on any atom is 0.326 e. The summed E-state index contributed by atoms with van der Waals surface area (Å²) in [4.78, 5) is 29.0. The number of carbonyl (C=O) groups excluding carboxylic acids is 1.